The normalized spacial score (nSPS) is 20.6. The predicted molar refractivity (Wildman–Crippen MR) is 65.3 cm³/mol. The van der Waals surface area contributed by atoms with Crippen molar-refractivity contribution in [2.45, 2.75) is 19.4 Å². The highest BCUT2D eigenvalue weighted by molar-refractivity contribution is 7.87. The van der Waals surface area contributed by atoms with E-state index in [0.29, 0.717) is 37.7 Å². The molecular weight excluding hydrogens is 250 g/mol. The highest BCUT2D eigenvalue weighted by Gasteiger charge is 2.25. The Balaban J connectivity index is 2.53. The zero-order chi connectivity index (χ0) is 12.2. The van der Waals surface area contributed by atoms with Crippen LogP contribution >= 0.6 is 12.2 Å². The maximum atomic E-state index is 11.9. The predicted octanol–water partition coefficient (Wildman–Crippen LogP) is -0.782. The Labute approximate surface area is 101 Å². The topological polar surface area (TPSA) is 84.7 Å². The van der Waals surface area contributed by atoms with Crippen molar-refractivity contribution in [3.63, 3.8) is 0 Å². The Morgan fingerprint density at radius 2 is 2.12 bits per heavy atom. The highest BCUT2D eigenvalue weighted by atomic mass is 32.2. The molecular formula is C8H17N3O3S2. The first-order chi connectivity index (χ1) is 7.42. The lowest BCUT2D eigenvalue weighted by molar-refractivity contribution is 0.0723. The number of ether oxygens (including phenoxy) is 1. The van der Waals surface area contributed by atoms with Crippen LogP contribution in [0.3, 0.4) is 0 Å². The van der Waals surface area contributed by atoms with Gasteiger partial charge in [-0.2, -0.15) is 17.4 Å². The molecule has 0 spiro atoms. The fourth-order valence-electron chi connectivity index (χ4n) is 1.46. The van der Waals surface area contributed by atoms with Crippen LogP contribution in [0.2, 0.25) is 0 Å². The summed E-state index contributed by atoms with van der Waals surface area (Å²) in [6, 6.07) is -0.287. The number of hydrogen-bond donors (Lipinski definition) is 2. The fraction of sp³-hybridized carbons (Fsp3) is 0.875. The summed E-state index contributed by atoms with van der Waals surface area (Å²) in [6.07, 6.45) is 0.360. The van der Waals surface area contributed by atoms with Crippen LogP contribution in [0.25, 0.3) is 0 Å². The largest absolute Gasteiger partial charge is 0.393 e. The van der Waals surface area contributed by atoms with Crippen molar-refractivity contribution in [3.05, 3.63) is 0 Å². The van der Waals surface area contributed by atoms with E-state index in [1.807, 2.05) is 0 Å². The Morgan fingerprint density at radius 3 is 2.62 bits per heavy atom. The molecule has 1 aliphatic heterocycles. The summed E-state index contributed by atoms with van der Waals surface area (Å²) in [6.45, 7) is 3.37. The third-order valence-electron chi connectivity index (χ3n) is 2.17. The highest BCUT2D eigenvalue weighted by Crippen LogP contribution is 2.04. The van der Waals surface area contributed by atoms with Gasteiger partial charge in [-0.25, -0.2) is 0 Å². The van der Waals surface area contributed by atoms with Crippen molar-refractivity contribution in [1.82, 2.24) is 9.03 Å². The Hall–Kier alpha value is -0.280. The molecule has 0 aliphatic carbocycles. The summed E-state index contributed by atoms with van der Waals surface area (Å²) in [4.78, 5) is 0.303. The molecule has 0 saturated carbocycles. The third-order valence-corrected chi connectivity index (χ3v) is 4.08. The average molecular weight is 267 g/mol. The van der Waals surface area contributed by atoms with E-state index in [-0.39, 0.29) is 6.04 Å². The first-order valence-corrected chi connectivity index (χ1v) is 6.90. The molecule has 94 valence electrons. The van der Waals surface area contributed by atoms with E-state index in [2.05, 4.69) is 4.72 Å². The third kappa shape index (κ3) is 4.30. The van der Waals surface area contributed by atoms with Crippen molar-refractivity contribution < 1.29 is 13.2 Å². The number of nitrogens with zero attached hydrogens (tertiary/aromatic N) is 1. The summed E-state index contributed by atoms with van der Waals surface area (Å²) in [7, 11) is -3.44. The molecule has 0 aromatic heterocycles. The summed E-state index contributed by atoms with van der Waals surface area (Å²) >= 11 is 4.73. The van der Waals surface area contributed by atoms with Gasteiger partial charge in [0.25, 0.3) is 10.2 Å². The van der Waals surface area contributed by atoms with E-state index in [1.54, 1.807) is 6.92 Å². The van der Waals surface area contributed by atoms with Crippen molar-refractivity contribution in [1.29, 1.82) is 0 Å². The lowest BCUT2D eigenvalue weighted by atomic mass is 10.3. The summed E-state index contributed by atoms with van der Waals surface area (Å²) in [5, 5.41) is 0. The van der Waals surface area contributed by atoms with Crippen molar-refractivity contribution in [3.8, 4) is 0 Å². The SMILES string of the molecule is CC(CC(N)=S)NS(=O)(=O)N1CCOCC1. The smallest absolute Gasteiger partial charge is 0.279 e. The van der Waals surface area contributed by atoms with Gasteiger partial charge < -0.3 is 10.5 Å². The van der Waals surface area contributed by atoms with Crippen LogP contribution in [0.5, 0.6) is 0 Å². The molecule has 3 N–H and O–H groups in total. The van der Waals surface area contributed by atoms with E-state index in [0.717, 1.165) is 0 Å². The quantitative estimate of drug-likeness (QED) is 0.638. The van der Waals surface area contributed by atoms with Crippen LogP contribution in [0.15, 0.2) is 0 Å². The van der Waals surface area contributed by atoms with Gasteiger partial charge in [0.05, 0.1) is 18.2 Å². The van der Waals surface area contributed by atoms with Crippen LogP contribution in [-0.4, -0.2) is 50.1 Å². The van der Waals surface area contributed by atoms with Crippen LogP contribution in [0.4, 0.5) is 0 Å². The maximum Gasteiger partial charge on any atom is 0.279 e. The van der Waals surface area contributed by atoms with E-state index >= 15 is 0 Å². The van der Waals surface area contributed by atoms with E-state index in [4.69, 9.17) is 22.7 Å². The molecule has 0 amide bonds. The minimum Gasteiger partial charge on any atom is -0.393 e. The fourth-order valence-corrected chi connectivity index (χ4v) is 3.08. The van der Waals surface area contributed by atoms with Gasteiger partial charge in [-0.1, -0.05) is 12.2 Å². The number of morpholine rings is 1. The maximum absolute atomic E-state index is 11.9. The lowest BCUT2D eigenvalue weighted by Crippen LogP contribution is -2.49. The van der Waals surface area contributed by atoms with Gasteiger partial charge in [0.1, 0.15) is 0 Å². The second-order valence-corrected chi connectivity index (χ2v) is 5.93. The van der Waals surface area contributed by atoms with Gasteiger partial charge in [-0.3, -0.25) is 0 Å². The first kappa shape index (κ1) is 13.8. The van der Waals surface area contributed by atoms with Crippen LogP contribution in [0.1, 0.15) is 13.3 Å². The number of rotatable bonds is 5. The summed E-state index contributed by atoms with van der Waals surface area (Å²) < 4.78 is 32.7. The zero-order valence-corrected chi connectivity index (χ0v) is 10.8. The van der Waals surface area contributed by atoms with Crippen LogP contribution in [0, 0.1) is 0 Å². The standard InChI is InChI=1S/C8H17N3O3S2/c1-7(6-8(9)15)10-16(12,13)11-2-4-14-5-3-11/h7,10H,2-6H2,1H3,(H2,9,15). The number of hydrogen-bond acceptors (Lipinski definition) is 4. The van der Waals surface area contributed by atoms with Crippen molar-refractivity contribution in [2.24, 2.45) is 5.73 Å². The minimum absolute atomic E-state index is 0.287. The van der Waals surface area contributed by atoms with Crippen molar-refractivity contribution in [2.75, 3.05) is 26.3 Å². The monoisotopic (exact) mass is 267 g/mol. The first-order valence-electron chi connectivity index (χ1n) is 5.05. The summed E-state index contributed by atoms with van der Waals surface area (Å²) in [5.74, 6) is 0. The zero-order valence-electron chi connectivity index (χ0n) is 9.18. The lowest BCUT2D eigenvalue weighted by Gasteiger charge is -2.27. The molecule has 1 saturated heterocycles. The number of thiocarbonyl (C=S) groups is 1. The van der Waals surface area contributed by atoms with E-state index < -0.39 is 10.2 Å². The van der Waals surface area contributed by atoms with E-state index in [1.165, 1.54) is 4.31 Å². The second kappa shape index (κ2) is 5.87. The molecule has 0 aromatic carbocycles. The van der Waals surface area contributed by atoms with Gasteiger partial charge in [-0.05, 0) is 6.92 Å². The minimum atomic E-state index is -3.44. The molecule has 1 fully saturated rings. The molecule has 1 heterocycles. The number of nitrogens with one attached hydrogen (secondary N) is 1. The number of nitrogens with two attached hydrogens (primary N) is 1. The second-order valence-electron chi connectivity index (χ2n) is 3.71. The van der Waals surface area contributed by atoms with Gasteiger partial charge in [0.2, 0.25) is 0 Å². The van der Waals surface area contributed by atoms with Gasteiger partial charge in [0.15, 0.2) is 0 Å². The van der Waals surface area contributed by atoms with E-state index in [9.17, 15) is 8.42 Å². The van der Waals surface area contributed by atoms with Gasteiger partial charge in [0, 0.05) is 25.6 Å². The molecule has 1 atom stereocenters. The Morgan fingerprint density at radius 1 is 1.56 bits per heavy atom. The van der Waals surface area contributed by atoms with Gasteiger partial charge in [-0.15, -0.1) is 0 Å². The Bertz CT molecular complexity index is 338. The van der Waals surface area contributed by atoms with Crippen LogP contribution < -0.4 is 10.5 Å². The molecule has 0 aromatic rings. The molecule has 0 radical (unpaired) electrons. The molecule has 1 rings (SSSR count). The molecule has 8 heteroatoms. The molecule has 16 heavy (non-hydrogen) atoms. The van der Waals surface area contributed by atoms with Crippen LogP contribution in [-0.2, 0) is 14.9 Å². The molecule has 1 unspecified atom stereocenters. The molecule has 1 aliphatic rings. The Kier molecular flexibility index (Phi) is 5.06. The summed E-state index contributed by atoms with van der Waals surface area (Å²) in [5.41, 5.74) is 5.35. The van der Waals surface area contributed by atoms with Gasteiger partial charge >= 0.3 is 0 Å². The van der Waals surface area contributed by atoms with Crippen molar-refractivity contribution >= 4 is 27.4 Å². The average Bonchev–Trinajstić information content (AvgIpc) is 2.16. The molecule has 6 nitrogen and oxygen atoms in total. The molecule has 0 bridgehead atoms.